The average Bonchev–Trinajstić information content (AvgIpc) is 2.54. The van der Waals surface area contributed by atoms with Gasteiger partial charge < -0.3 is 9.84 Å². The Morgan fingerprint density at radius 3 is 2.12 bits per heavy atom. The van der Waals surface area contributed by atoms with Crippen molar-refractivity contribution in [2.24, 2.45) is 0 Å². The van der Waals surface area contributed by atoms with Gasteiger partial charge in [0.2, 0.25) is 0 Å². The van der Waals surface area contributed by atoms with E-state index in [0.717, 1.165) is 17.7 Å². The molecule has 0 atom stereocenters. The minimum atomic E-state index is -0.779. The fourth-order valence-corrected chi connectivity index (χ4v) is 2.49. The molecule has 0 bridgehead atoms. The number of para-hydroxylation sites is 2. The van der Waals surface area contributed by atoms with Gasteiger partial charge >= 0.3 is 0 Å². The molecule has 3 aromatic rings. The summed E-state index contributed by atoms with van der Waals surface area (Å²) >= 11 is 0. The molecule has 0 saturated carbocycles. The number of aryl methyl sites for hydroxylation is 1. The fourth-order valence-electron chi connectivity index (χ4n) is 2.49. The van der Waals surface area contributed by atoms with Crippen molar-refractivity contribution >= 4 is 0 Å². The zero-order valence-corrected chi connectivity index (χ0v) is 13.1. The van der Waals surface area contributed by atoms with Crippen molar-refractivity contribution in [3.63, 3.8) is 0 Å². The third kappa shape index (κ3) is 3.38. The number of hydrogen-bond acceptors (Lipinski definition) is 2. The van der Waals surface area contributed by atoms with E-state index in [2.05, 4.69) is 0 Å². The van der Waals surface area contributed by atoms with E-state index < -0.39 is 17.4 Å². The Morgan fingerprint density at radius 2 is 1.46 bits per heavy atom. The smallest absolute Gasteiger partial charge is 0.133 e. The van der Waals surface area contributed by atoms with E-state index in [1.165, 1.54) is 0 Å². The Labute approximate surface area is 139 Å². The summed E-state index contributed by atoms with van der Waals surface area (Å²) in [6.07, 6.45) is 0.0278. The second-order valence-corrected chi connectivity index (χ2v) is 5.54. The molecule has 0 amide bonds. The maximum absolute atomic E-state index is 14.0. The van der Waals surface area contributed by atoms with Crippen molar-refractivity contribution in [1.82, 2.24) is 0 Å². The highest BCUT2D eigenvalue weighted by atomic mass is 19.1. The van der Waals surface area contributed by atoms with E-state index in [-0.39, 0.29) is 12.0 Å². The maximum Gasteiger partial charge on any atom is 0.133 e. The standard InChI is InChI=1S/C20H16F2O2/c1-13-6-2-4-8-19(13)24-20-9-5-3-7-14(20)10-16-17(21)11-15(23)12-18(16)22/h2-9,11-12,23H,10H2,1H3. The summed E-state index contributed by atoms with van der Waals surface area (Å²) in [5, 5.41) is 9.26. The molecular weight excluding hydrogens is 310 g/mol. The Bertz CT molecular complexity index is 852. The topological polar surface area (TPSA) is 29.5 Å². The third-order valence-electron chi connectivity index (χ3n) is 3.78. The largest absolute Gasteiger partial charge is 0.508 e. The van der Waals surface area contributed by atoms with E-state index in [1.54, 1.807) is 24.3 Å². The molecule has 4 heteroatoms. The number of phenolic OH excluding ortho intramolecular Hbond substituents is 1. The summed E-state index contributed by atoms with van der Waals surface area (Å²) in [7, 11) is 0. The fraction of sp³-hybridized carbons (Fsp3) is 0.100. The summed E-state index contributed by atoms with van der Waals surface area (Å²) in [6.45, 7) is 1.93. The zero-order chi connectivity index (χ0) is 17.1. The van der Waals surface area contributed by atoms with E-state index >= 15 is 0 Å². The van der Waals surface area contributed by atoms with Gasteiger partial charge in [-0.3, -0.25) is 0 Å². The summed E-state index contributed by atoms with van der Waals surface area (Å²) < 4.78 is 33.9. The van der Waals surface area contributed by atoms with Crippen molar-refractivity contribution in [2.75, 3.05) is 0 Å². The van der Waals surface area contributed by atoms with Gasteiger partial charge in [-0.15, -0.1) is 0 Å². The first kappa shape index (κ1) is 16.0. The Hall–Kier alpha value is -2.88. The molecule has 24 heavy (non-hydrogen) atoms. The number of halogens is 2. The minimum Gasteiger partial charge on any atom is -0.508 e. The van der Waals surface area contributed by atoms with Crippen LogP contribution in [0.5, 0.6) is 17.2 Å². The van der Waals surface area contributed by atoms with Gasteiger partial charge in [-0.1, -0.05) is 36.4 Å². The van der Waals surface area contributed by atoms with Crippen LogP contribution < -0.4 is 4.74 Å². The van der Waals surface area contributed by atoms with Crippen molar-refractivity contribution in [1.29, 1.82) is 0 Å². The monoisotopic (exact) mass is 326 g/mol. The quantitative estimate of drug-likeness (QED) is 0.699. The SMILES string of the molecule is Cc1ccccc1Oc1ccccc1Cc1c(F)cc(O)cc1F. The minimum absolute atomic E-state index is 0.0278. The Balaban J connectivity index is 1.95. The zero-order valence-electron chi connectivity index (χ0n) is 13.1. The van der Waals surface area contributed by atoms with Crippen LogP contribution in [0.25, 0.3) is 0 Å². The first-order chi connectivity index (χ1) is 11.5. The lowest BCUT2D eigenvalue weighted by atomic mass is 10.0. The number of ether oxygens (including phenoxy) is 1. The van der Waals surface area contributed by atoms with Gasteiger partial charge in [-0.2, -0.15) is 0 Å². The van der Waals surface area contributed by atoms with Crippen LogP contribution >= 0.6 is 0 Å². The molecule has 0 fully saturated rings. The van der Waals surface area contributed by atoms with Crippen LogP contribution in [0.2, 0.25) is 0 Å². The Morgan fingerprint density at radius 1 is 0.875 bits per heavy atom. The van der Waals surface area contributed by atoms with Gasteiger partial charge in [0.1, 0.15) is 28.9 Å². The predicted octanol–water partition coefficient (Wildman–Crippen LogP) is 5.36. The lowest BCUT2D eigenvalue weighted by Crippen LogP contribution is -1.99. The molecule has 2 nitrogen and oxygen atoms in total. The first-order valence-corrected chi connectivity index (χ1v) is 7.53. The number of benzene rings is 3. The number of phenols is 1. The molecule has 0 aromatic heterocycles. The van der Waals surface area contributed by atoms with E-state index in [4.69, 9.17) is 4.74 Å². The van der Waals surface area contributed by atoms with Crippen LogP contribution in [0.3, 0.4) is 0 Å². The molecule has 1 N–H and O–H groups in total. The molecule has 0 aliphatic heterocycles. The van der Waals surface area contributed by atoms with Gasteiger partial charge in [0, 0.05) is 24.1 Å². The molecule has 0 radical (unpaired) electrons. The average molecular weight is 326 g/mol. The Kier molecular flexibility index (Phi) is 4.47. The number of hydrogen-bond donors (Lipinski definition) is 1. The van der Waals surface area contributed by atoms with E-state index in [0.29, 0.717) is 17.1 Å². The molecule has 3 aromatic carbocycles. The van der Waals surface area contributed by atoms with Crippen molar-refractivity contribution < 1.29 is 18.6 Å². The van der Waals surface area contributed by atoms with Crippen molar-refractivity contribution in [3.05, 3.63) is 89.0 Å². The molecule has 0 saturated heterocycles. The van der Waals surface area contributed by atoms with Crippen LogP contribution in [0.1, 0.15) is 16.7 Å². The van der Waals surface area contributed by atoms with Gasteiger partial charge in [0.25, 0.3) is 0 Å². The summed E-state index contributed by atoms with van der Waals surface area (Å²) in [5.41, 5.74) is 1.52. The second-order valence-electron chi connectivity index (χ2n) is 5.54. The molecule has 0 aliphatic rings. The normalized spacial score (nSPS) is 10.6. The van der Waals surface area contributed by atoms with Crippen molar-refractivity contribution in [3.8, 4) is 17.2 Å². The van der Waals surface area contributed by atoms with Crippen LogP contribution in [0, 0.1) is 18.6 Å². The molecule has 122 valence electrons. The second kappa shape index (κ2) is 6.71. The molecule has 0 heterocycles. The van der Waals surface area contributed by atoms with E-state index in [1.807, 2.05) is 31.2 Å². The number of aromatic hydroxyl groups is 1. The van der Waals surface area contributed by atoms with Crippen LogP contribution in [-0.4, -0.2) is 5.11 Å². The molecule has 0 unspecified atom stereocenters. The lowest BCUT2D eigenvalue weighted by Gasteiger charge is -2.13. The predicted molar refractivity (Wildman–Crippen MR) is 88.5 cm³/mol. The van der Waals surface area contributed by atoms with Crippen LogP contribution in [-0.2, 0) is 6.42 Å². The number of rotatable bonds is 4. The summed E-state index contributed by atoms with van der Waals surface area (Å²) in [4.78, 5) is 0. The van der Waals surface area contributed by atoms with Gasteiger partial charge in [0.05, 0.1) is 0 Å². The highest BCUT2D eigenvalue weighted by Crippen LogP contribution is 2.30. The highest BCUT2D eigenvalue weighted by molar-refractivity contribution is 5.43. The van der Waals surface area contributed by atoms with Gasteiger partial charge in [0.15, 0.2) is 0 Å². The lowest BCUT2D eigenvalue weighted by molar-refractivity contribution is 0.456. The molecule has 3 rings (SSSR count). The van der Waals surface area contributed by atoms with Gasteiger partial charge in [-0.25, -0.2) is 8.78 Å². The van der Waals surface area contributed by atoms with E-state index in [9.17, 15) is 13.9 Å². The molecule has 0 aliphatic carbocycles. The van der Waals surface area contributed by atoms with Crippen molar-refractivity contribution in [2.45, 2.75) is 13.3 Å². The summed E-state index contributed by atoms with van der Waals surface area (Å²) in [6, 6.07) is 16.5. The maximum atomic E-state index is 14.0. The van der Waals surface area contributed by atoms with Crippen LogP contribution in [0.15, 0.2) is 60.7 Å². The highest BCUT2D eigenvalue weighted by Gasteiger charge is 2.14. The molecule has 0 spiro atoms. The molecular formula is C20H16F2O2. The van der Waals surface area contributed by atoms with Gasteiger partial charge in [-0.05, 0) is 30.2 Å². The first-order valence-electron chi connectivity index (χ1n) is 7.53. The summed E-state index contributed by atoms with van der Waals surface area (Å²) in [5.74, 6) is -0.759. The van der Waals surface area contributed by atoms with Crippen LogP contribution in [0.4, 0.5) is 8.78 Å². The third-order valence-corrected chi connectivity index (χ3v) is 3.78.